The van der Waals surface area contributed by atoms with Gasteiger partial charge in [0.15, 0.2) is 5.13 Å². The standard InChI is InChI=1S/C22H17ClN4OS2/c1-11-8-12(2)19-17(9-11)30-22(24-19)25-20(28)18-10-16-13(3)26-27(21(16)29-18)15-6-4-14(23)5-7-15/h4-10H,1-3H3,(H,24,25,28). The van der Waals surface area contributed by atoms with Gasteiger partial charge in [-0.2, -0.15) is 5.10 Å². The van der Waals surface area contributed by atoms with E-state index in [4.69, 9.17) is 11.6 Å². The number of amides is 1. The zero-order chi connectivity index (χ0) is 21.0. The molecule has 150 valence electrons. The number of hydrogen-bond acceptors (Lipinski definition) is 5. The van der Waals surface area contributed by atoms with E-state index >= 15 is 0 Å². The molecule has 0 fully saturated rings. The summed E-state index contributed by atoms with van der Waals surface area (Å²) in [5.41, 5.74) is 5.02. The van der Waals surface area contributed by atoms with Crippen molar-refractivity contribution in [2.75, 3.05) is 5.32 Å². The molecular weight excluding hydrogens is 436 g/mol. The summed E-state index contributed by atoms with van der Waals surface area (Å²) in [6.45, 7) is 6.05. The molecule has 3 aromatic heterocycles. The van der Waals surface area contributed by atoms with E-state index in [1.165, 1.54) is 28.2 Å². The molecule has 0 bridgehead atoms. The van der Waals surface area contributed by atoms with E-state index in [-0.39, 0.29) is 5.91 Å². The first-order valence-corrected chi connectivity index (χ1v) is 11.3. The van der Waals surface area contributed by atoms with Crippen LogP contribution in [-0.4, -0.2) is 20.7 Å². The Hall–Kier alpha value is -2.74. The Morgan fingerprint density at radius 2 is 1.83 bits per heavy atom. The molecule has 5 rings (SSSR count). The zero-order valence-electron chi connectivity index (χ0n) is 16.5. The van der Waals surface area contributed by atoms with Crippen molar-refractivity contribution in [1.29, 1.82) is 0 Å². The van der Waals surface area contributed by atoms with Gasteiger partial charge >= 0.3 is 0 Å². The number of thiazole rings is 1. The van der Waals surface area contributed by atoms with Crippen molar-refractivity contribution in [3.8, 4) is 5.69 Å². The Morgan fingerprint density at radius 1 is 1.07 bits per heavy atom. The van der Waals surface area contributed by atoms with Crippen LogP contribution in [-0.2, 0) is 0 Å². The summed E-state index contributed by atoms with van der Waals surface area (Å²) in [4.78, 5) is 19.1. The normalized spacial score (nSPS) is 11.5. The molecular formula is C22H17ClN4OS2. The van der Waals surface area contributed by atoms with Gasteiger partial charge in [-0.15, -0.1) is 11.3 Å². The number of aromatic nitrogens is 3. The number of halogens is 1. The molecule has 0 aliphatic carbocycles. The Labute approximate surface area is 185 Å². The SMILES string of the molecule is Cc1cc(C)c2nc(NC(=O)c3cc4c(C)nn(-c5ccc(Cl)cc5)c4s3)sc2c1. The molecule has 0 atom stereocenters. The number of anilines is 1. The molecule has 30 heavy (non-hydrogen) atoms. The number of carbonyl (C=O) groups is 1. The predicted octanol–water partition coefficient (Wildman–Crippen LogP) is 6.53. The lowest BCUT2D eigenvalue weighted by Crippen LogP contribution is -2.09. The first-order chi connectivity index (χ1) is 14.4. The number of benzene rings is 2. The molecule has 5 nitrogen and oxygen atoms in total. The molecule has 0 saturated carbocycles. The van der Waals surface area contributed by atoms with Gasteiger partial charge in [0.05, 0.1) is 26.5 Å². The number of aryl methyl sites for hydroxylation is 3. The molecule has 0 spiro atoms. The van der Waals surface area contributed by atoms with Crippen LogP contribution in [0.15, 0.2) is 42.5 Å². The van der Waals surface area contributed by atoms with Crippen molar-refractivity contribution in [2.45, 2.75) is 20.8 Å². The highest BCUT2D eigenvalue weighted by Gasteiger charge is 2.18. The molecule has 0 aliphatic rings. The minimum atomic E-state index is -0.160. The fourth-order valence-corrected chi connectivity index (χ4v) is 5.74. The lowest BCUT2D eigenvalue weighted by molar-refractivity contribution is 0.103. The summed E-state index contributed by atoms with van der Waals surface area (Å²) >= 11 is 8.92. The van der Waals surface area contributed by atoms with Gasteiger partial charge in [0.1, 0.15) is 4.83 Å². The molecule has 0 unspecified atom stereocenters. The third-order valence-electron chi connectivity index (χ3n) is 4.89. The second-order valence-corrected chi connectivity index (χ2v) is 9.70. The second-order valence-electron chi connectivity index (χ2n) is 7.20. The van der Waals surface area contributed by atoms with Gasteiger partial charge < -0.3 is 0 Å². The minimum Gasteiger partial charge on any atom is -0.297 e. The van der Waals surface area contributed by atoms with E-state index in [9.17, 15) is 4.79 Å². The predicted molar refractivity (Wildman–Crippen MR) is 126 cm³/mol. The number of fused-ring (bicyclic) bond motifs is 2. The molecule has 1 N–H and O–H groups in total. The van der Waals surface area contributed by atoms with Gasteiger partial charge in [0.2, 0.25) is 0 Å². The van der Waals surface area contributed by atoms with Gasteiger partial charge in [-0.1, -0.05) is 29.0 Å². The van der Waals surface area contributed by atoms with Crippen molar-refractivity contribution in [1.82, 2.24) is 14.8 Å². The summed E-state index contributed by atoms with van der Waals surface area (Å²) < 4.78 is 2.93. The number of nitrogens with one attached hydrogen (secondary N) is 1. The van der Waals surface area contributed by atoms with Crippen molar-refractivity contribution in [3.63, 3.8) is 0 Å². The molecule has 2 aromatic carbocycles. The zero-order valence-corrected chi connectivity index (χ0v) is 18.9. The van der Waals surface area contributed by atoms with Crippen molar-refractivity contribution < 1.29 is 4.79 Å². The first-order valence-electron chi connectivity index (χ1n) is 9.33. The molecule has 0 saturated heterocycles. The van der Waals surface area contributed by atoms with Crippen molar-refractivity contribution in [3.05, 3.63) is 69.2 Å². The van der Waals surface area contributed by atoms with Crippen LogP contribution in [0.1, 0.15) is 26.5 Å². The maximum Gasteiger partial charge on any atom is 0.267 e. The van der Waals surface area contributed by atoms with E-state index in [1.807, 2.05) is 48.9 Å². The fourth-order valence-electron chi connectivity index (χ4n) is 3.50. The van der Waals surface area contributed by atoms with Gasteiger partial charge in [0, 0.05) is 10.4 Å². The van der Waals surface area contributed by atoms with E-state index in [0.29, 0.717) is 15.0 Å². The van der Waals surface area contributed by atoms with E-state index < -0.39 is 0 Å². The smallest absolute Gasteiger partial charge is 0.267 e. The van der Waals surface area contributed by atoms with Crippen LogP contribution in [0, 0.1) is 20.8 Å². The Bertz CT molecular complexity index is 1430. The molecule has 1 amide bonds. The summed E-state index contributed by atoms with van der Waals surface area (Å²) in [5, 5.41) is 9.84. The molecule has 3 heterocycles. The average molecular weight is 453 g/mol. The van der Waals surface area contributed by atoms with Crippen molar-refractivity contribution in [2.24, 2.45) is 0 Å². The number of hydrogen-bond donors (Lipinski definition) is 1. The third kappa shape index (κ3) is 3.29. The summed E-state index contributed by atoms with van der Waals surface area (Å²) in [6, 6.07) is 13.6. The van der Waals surface area contributed by atoms with Gasteiger partial charge in [-0.25, -0.2) is 9.67 Å². The topological polar surface area (TPSA) is 59.8 Å². The maximum atomic E-state index is 12.9. The minimum absolute atomic E-state index is 0.160. The van der Waals surface area contributed by atoms with Crippen molar-refractivity contribution >= 4 is 65.7 Å². The largest absolute Gasteiger partial charge is 0.297 e. The van der Waals surface area contributed by atoms with Crippen LogP contribution in [0.5, 0.6) is 0 Å². The van der Waals surface area contributed by atoms with Crippen LogP contribution >= 0.6 is 34.3 Å². The monoisotopic (exact) mass is 452 g/mol. The molecule has 8 heteroatoms. The third-order valence-corrected chi connectivity index (χ3v) is 7.17. The van der Waals surface area contributed by atoms with Crippen LogP contribution < -0.4 is 5.32 Å². The highest BCUT2D eigenvalue weighted by molar-refractivity contribution is 7.23. The maximum absolute atomic E-state index is 12.9. The molecule has 0 aliphatic heterocycles. The lowest BCUT2D eigenvalue weighted by Gasteiger charge is -2.02. The highest BCUT2D eigenvalue weighted by atomic mass is 35.5. The van der Waals surface area contributed by atoms with Gasteiger partial charge in [0.25, 0.3) is 5.91 Å². The van der Waals surface area contributed by atoms with Crippen LogP contribution in [0.2, 0.25) is 5.02 Å². The van der Waals surface area contributed by atoms with E-state index in [1.54, 1.807) is 0 Å². The van der Waals surface area contributed by atoms with E-state index in [0.717, 1.165) is 37.4 Å². The van der Waals surface area contributed by atoms with Crippen LogP contribution in [0.4, 0.5) is 5.13 Å². The summed E-state index contributed by atoms with van der Waals surface area (Å²) in [6.07, 6.45) is 0. The lowest BCUT2D eigenvalue weighted by atomic mass is 10.1. The molecule has 0 radical (unpaired) electrons. The number of nitrogens with zero attached hydrogens (tertiary/aromatic N) is 3. The van der Waals surface area contributed by atoms with Crippen LogP contribution in [0.3, 0.4) is 0 Å². The number of carbonyl (C=O) groups excluding carboxylic acids is 1. The average Bonchev–Trinajstić information content (AvgIpc) is 3.37. The number of rotatable bonds is 3. The summed E-state index contributed by atoms with van der Waals surface area (Å²) in [5.74, 6) is -0.160. The number of thiophene rings is 1. The first kappa shape index (κ1) is 19.2. The Balaban J connectivity index is 1.49. The Morgan fingerprint density at radius 3 is 2.60 bits per heavy atom. The van der Waals surface area contributed by atoms with Gasteiger partial charge in [-0.3, -0.25) is 10.1 Å². The molecule has 5 aromatic rings. The summed E-state index contributed by atoms with van der Waals surface area (Å²) in [7, 11) is 0. The quantitative estimate of drug-likeness (QED) is 0.338. The fraction of sp³-hybridized carbons (Fsp3) is 0.136. The van der Waals surface area contributed by atoms with E-state index in [2.05, 4.69) is 34.5 Å². The van der Waals surface area contributed by atoms with Gasteiger partial charge in [-0.05, 0) is 68.3 Å². The highest BCUT2D eigenvalue weighted by Crippen LogP contribution is 2.33. The Kier molecular flexibility index (Phi) is 4.61. The van der Waals surface area contributed by atoms with Crippen LogP contribution in [0.25, 0.3) is 26.1 Å². The second kappa shape index (κ2) is 7.19.